The maximum Gasteiger partial charge on any atom is 0.305 e. The summed E-state index contributed by atoms with van der Waals surface area (Å²) >= 11 is 0. The number of furan rings is 2. The largest absolute Gasteiger partial charge is 0.466 e. The summed E-state index contributed by atoms with van der Waals surface area (Å²) < 4.78 is 10.8. The monoisotopic (exact) mass is 312 g/mol. The van der Waals surface area contributed by atoms with Crippen LogP contribution in [0.15, 0.2) is 39.2 Å². The van der Waals surface area contributed by atoms with Crippen LogP contribution in [0.5, 0.6) is 0 Å². The summed E-state index contributed by atoms with van der Waals surface area (Å²) in [5.41, 5.74) is 6.46. The van der Waals surface area contributed by atoms with Gasteiger partial charge in [-0.2, -0.15) is 0 Å². The van der Waals surface area contributed by atoms with Crippen LogP contribution >= 0.6 is 0 Å². The second kappa shape index (κ2) is 5.64. The maximum absolute atomic E-state index is 12.2. The number of amides is 2. The average molecular weight is 312 g/mol. The number of nitrogens with one attached hydrogen (secondary N) is 2. The Morgan fingerprint density at radius 3 is 2.30 bits per heavy atom. The highest BCUT2D eigenvalue weighted by atomic mass is 16.3. The molecule has 0 spiro atoms. The lowest BCUT2D eigenvalue weighted by Gasteiger charge is -2.05. The Balaban J connectivity index is 1.75. The van der Waals surface area contributed by atoms with Crippen LogP contribution in [-0.4, -0.2) is 11.8 Å². The number of carbonyl (C=O) groups excluding carboxylic acids is 2. The van der Waals surface area contributed by atoms with Crippen LogP contribution in [0.3, 0.4) is 0 Å². The van der Waals surface area contributed by atoms with Gasteiger partial charge in [-0.15, -0.1) is 0 Å². The van der Waals surface area contributed by atoms with Crippen molar-refractivity contribution in [1.82, 2.24) is 10.9 Å². The lowest BCUT2D eigenvalue weighted by Crippen LogP contribution is -2.41. The van der Waals surface area contributed by atoms with Crippen LogP contribution < -0.4 is 10.9 Å². The van der Waals surface area contributed by atoms with Crippen LogP contribution in [-0.2, 0) is 0 Å². The molecule has 0 fully saturated rings. The van der Waals surface area contributed by atoms with Crippen LogP contribution in [0.4, 0.5) is 0 Å². The van der Waals surface area contributed by atoms with Gasteiger partial charge in [-0.05, 0) is 32.9 Å². The number of carbonyl (C=O) groups is 2. The number of hydrogen-bond donors (Lipinski definition) is 2. The number of rotatable bonds is 2. The van der Waals surface area contributed by atoms with Gasteiger partial charge >= 0.3 is 5.91 Å². The minimum absolute atomic E-state index is 0.173. The van der Waals surface area contributed by atoms with Crippen molar-refractivity contribution < 1.29 is 18.4 Å². The number of aryl methyl sites for hydroxylation is 3. The van der Waals surface area contributed by atoms with Crippen molar-refractivity contribution in [3.63, 3.8) is 0 Å². The Bertz CT molecular complexity index is 905. The van der Waals surface area contributed by atoms with Gasteiger partial charge in [-0.25, -0.2) is 0 Å². The van der Waals surface area contributed by atoms with E-state index in [4.69, 9.17) is 8.83 Å². The normalized spacial score (nSPS) is 10.7. The summed E-state index contributed by atoms with van der Waals surface area (Å²) in [6.07, 6.45) is 0. The Morgan fingerprint density at radius 2 is 1.65 bits per heavy atom. The van der Waals surface area contributed by atoms with Crippen molar-refractivity contribution in [2.45, 2.75) is 20.8 Å². The molecule has 3 rings (SSSR count). The highest BCUT2D eigenvalue weighted by molar-refractivity contribution is 6.01. The summed E-state index contributed by atoms with van der Waals surface area (Å²) in [7, 11) is 0. The minimum Gasteiger partial charge on any atom is -0.466 e. The Morgan fingerprint density at radius 1 is 0.957 bits per heavy atom. The van der Waals surface area contributed by atoms with E-state index < -0.39 is 11.8 Å². The van der Waals surface area contributed by atoms with Gasteiger partial charge in [0.2, 0.25) is 0 Å². The lowest BCUT2D eigenvalue weighted by atomic mass is 10.1. The predicted molar refractivity (Wildman–Crippen MR) is 84.1 cm³/mol. The molecule has 0 radical (unpaired) electrons. The van der Waals surface area contributed by atoms with Gasteiger partial charge in [0.05, 0.1) is 5.56 Å². The van der Waals surface area contributed by atoms with Crippen LogP contribution in [0.1, 0.15) is 38.0 Å². The van der Waals surface area contributed by atoms with Crippen molar-refractivity contribution >= 4 is 22.8 Å². The number of para-hydroxylation sites is 1. The number of fused-ring (bicyclic) bond motifs is 1. The second-order valence-electron chi connectivity index (χ2n) is 5.29. The molecule has 2 aromatic heterocycles. The first-order chi connectivity index (χ1) is 11.0. The van der Waals surface area contributed by atoms with E-state index in [1.165, 1.54) is 0 Å². The molecule has 3 aromatic rings. The van der Waals surface area contributed by atoms with Crippen LogP contribution in [0.25, 0.3) is 11.0 Å². The molecule has 118 valence electrons. The zero-order valence-electron chi connectivity index (χ0n) is 13.0. The summed E-state index contributed by atoms with van der Waals surface area (Å²) in [4.78, 5) is 24.3. The Kier molecular flexibility index (Phi) is 3.65. The maximum atomic E-state index is 12.2. The van der Waals surface area contributed by atoms with Gasteiger partial charge in [0.15, 0.2) is 5.76 Å². The van der Waals surface area contributed by atoms with E-state index in [1.807, 2.05) is 18.2 Å². The highest BCUT2D eigenvalue weighted by Gasteiger charge is 2.19. The van der Waals surface area contributed by atoms with Crippen LogP contribution in [0.2, 0.25) is 0 Å². The quantitative estimate of drug-likeness (QED) is 0.712. The average Bonchev–Trinajstić information content (AvgIpc) is 3.05. The topological polar surface area (TPSA) is 84.5 Å². The molecule has 6 heteroatoms. The van der Waals surface area contributed by atoms with E-state index in [1.54, 1.807) is 32.9 Å². The molecule has 0 aliphatic heterocycles. The summed E-state index contributed by atoms with van der Waals surface area (Å²) in [5, 5.41) is 0.866. The molecule has 23 heavy (non-hydrogen) atoms. The van der Waals surface area contributed by atoms with Crippen LogP contribution in [0, 0.1) is 20.8 Å². The van der Waals surface area contributed by atoms with Crippen molar-refractivity contribution in [3.8, 4) is 0 Å². The highest BCUT2D eigenvalue weighted by Crippen LogP contribution is 2.24. The van der Waals surface area contributed by atoms with Gasteiger partial charge in [0, 0.05) is 10.9 Å². The van der Waals surface area contributed by atoms with E-state index in [9.17, 15) is 9.59 Å². The van der Waals surface area contributed by atoms with Gasteiger partial charge in [-0.1, -0.05) is 18.2 Å². The molecule has 0 aliphatic carbocycles. The molecule has 0 unspecified atom stereocenters. The van der Waals surface area contributed by atoms with E-state index in [-0.39, 0.29) is 5.76 Å². The molecule has 0 aliphatic rings. The van der Waals surface area contributed by atoms with Gasteiger partial charge < -0.3 is 8.83 Å². The first-order valence-corrected chi connectivity index (χ1v) is 7.13. The summed E-state index contributed by atoms with van der Waals surface area (Å²) in [6, 6.07) is 8.98. The molecular formula is C17H16N2O4. The zero-order valence-corrected chi connectivity index (χ0v) is 13.0. The third-order valence-corrected chi connectivity index (χ3v) is 3.63. The van der Waals surface area contributed by atoms with E-state index in [2.05, 4.69) is 10.9 Å². The zero-order chi connectivity index (χ0) is 16.6. The fraction of sp³-hybridized carbons (Fsp3) is 0.176. The molecule has 1 aromatic carbocycles. The number of hydrogen-bond acceptors (Lipinski definition) is 4. The van der Waals surface area contributed by atoms with Gasteiger partial charge in [-0.3, -0.25) is 20.4 Å². The van der Waals surface area contributed by atoms with E-state index in [0.717, 1.165) is 10.9 Å². The fourth-order valence-corrected chi connectivity index (χ4v) is 2.48. The lowest BCUT2D eigenvalue weighted by molar-refractivity contribution is 0.0830. The predicted octanol–water partition coefficient (Wildman–Crippen LogP) is 3.03. The molecular weight excluding hydrogens is 296 g/mol. The van der Waals surface area contributed by atoms with E-state index in [0.29, 0.717) is 22.7 Å². The molecule has 2 heterocycles. The smallest absolute Gasteiger partial charge is 0.305 e. The third-order valence-electron chi connectivity index (χ3n) is 3.63. The van der Waals surface area contributed by atoms with E-state index >= 15 is 0 Å². The molecule has 0 saturated heterocycles. The fourth-order valence-electron chi connectivity index (χ4n) is 2.48. The second-order valence-corrected chi connectivity index (χ2v) is 5.29. The molecule has 0 bridgehead atoms. The molecule has 2 amide bonds. The standard InChI is InChI=1S/C17H16N2O4/c1-9-8-13(11(3)22-9)16(20)18-19-17(21)15-10(2)12-6-4-5-7-14(12)23-15/h4-8H,1-3H3,(H,18,20)(H,19,21). The Labute approximate surface area is 132 Å². The molecule has 2 N–H and O–H groups in total. The SMILES string of the molecule is Cc1cc(C(=O)NNC(=O)c2oc3ccccc3c2C)c(C)o1. The third kappa shape index (κ3) is 2.70. The van der Waals surface area contributed by atoms with Gasteiger partial charge in [0.1, 0.15) is 17.1 Å². The van der Waals surface area contributed by atoms with Crippen molar-refractivity contribution in [2.24, 2.45) is 0 Å². The molecule has 0 atom stereocenters. The minimum atomic E-state index is -0.509. The van der Waals surface area contributed by atoms with Gasteiger partial charge in [0.25, 0.3) is 5.91 Å². The number of hydrazine groups is 1. The molecule has 0 saturated carbocycles. The van der Waals surface area contributed by atoms with Crippen molar-refractivity contribution in [2.75, 3.05) is 0 Å². The molecule has 6 nitrogen and oxygen atoms in total. The Hall–Kier alpha value is -3.02. The van der Waals surface area contributed by atoms with Crippen molar-refractivity contribution in [3.05, 3.63) is 58.7 Å². The number of benzene rings is 1. The first kappa shape index (κ1) is 14.9. The summed E-state index contributed by atoms with van der Waals surface area (Å²) in [5.74, 6) is 0.347. The first-order valence-electron chi connectivity index (χ1n) is 7.13. The summed E-state index contributed by atoms with van der Waals surface area (Å²) in [6.45, 7) is 5.24. The van der Waals surface area contributed by atoms with Crippen molar-refractivity contribution in [1.29, 1.82) is 0 Å².